The van der Waals surface area contributed by atoms with E-state index in [0.29, 0.717) is 60.4 Å². The van der Waals surface area contributed by atoms with Gasteiger partial charge in [-0.25, -0.2) is 8.42 Å². The number of ether oxygens (including phenoxy) is 1. The number of benzene rings is 2. The van der Waals surface area contributed by atoms with Crippen molar-refractivity contribution in [3.05, 3.63) is 80.2 Å². The number of aromatic nitrogens is 2. The lowest BCUT2D eigenvalue weighted by atomic mass is 10.1. The lowest BCUT2D eigenvalue weighted by Crippen LogP contribution is -2.49. The maximum atomic E-state index is 13.7. The Hall–Kier alpha value is -2.59. The number of halogens is 2. The molecule has 0 atom stereocenters. The topological polar surface area (TPSA) is 84.7 Å². The van der Waals surface area contributed by atoms with Crippen LogP contribution in [0.15, 0.2) is 53.5 Å². The number of rotatable bonds is 5. The summed E-state index contributed by atoms with van der Waals surface area (Å²) in [5.74, 6) is 0.182. The van der Waals surface area contributed by atoms with E-state index >= 15 is 0 Å². The average molecular weight is 535 g/mol. The minimum Gasteiger partial charge on any atom is -0.482 e. The van der Waals surface area contributed by atoms with Gasteiger partial charge in [-0.3, -0.25) is 4.79 Å². The molecule has 11 heteroatoms. The van der Waals surface area contributed by atoms with Gasteiger partial charge in [-0.1, -0.05) is 47.5 Å². The van der Waals surface area contributed by atoms with Crippen molar-refractivity contribution in [2.24, 2.45) is 0 Å². The zero-order valence-corrected chi connectivity index (χ0v) is 21.4. The van der Waals surface area contributed by atoms with Crippen LogP contribution < -0.4 is 15.2 Å². The van der Waals surface area contributed by atoms with Gasteiger partial charge in [-0.2, -0.15) is 14.1 Å². The van der Waals surface area contributed by atoms with Crippen LogP contribution in [-0.2, 0) is 22.9 Å². The van der Waals surface area contributed by atoms with Crippen molar-refractivity contribution in [1.29, 1.82) is 0 Å². The van der Waals surface area contributed by atoms with Gasteiger partial charge in [0.1, 0.15) is 11.8 Å². The molecule has 1 aliphatic carbocycles. The van der Waals surface area contributed by atoms with Crippen LogP contribution in [0.4, 0.5) is 5.69 Å². The summed E-state index contributed by atoms with van der Waals surface area (Å²) < 4.78 is 32.9. The molecule has 2 heterocycles. The van der Waals surface area contributed by atoms with E-state index in [4.69, 9.17) is 27.9 Å². The predicted octanol–water partition coefficient (Wildman–Crippen LogP) is 3.17. The minimum absolute atomic E-state index is 0.182. The smallest absolute Gasteiger partial charge is 0.316 e. The number of hydrogen-bond acceptors (Lipinski definition) is 6. The van der Waals surface area contributed by atoms with Crippen LogP contribution in [0.5, 0.6) is 5.75 Å². The van der Waals surface area contributed by atoms with Crippen molar-refractivity contribution in [3.8, 4) is 11.4 Å². The van der Waals surface area contributed by atoms with Gasteiger partial charge >= 0.3 is 5.56 Å². The van der Waals surface area contributed by atoms with Crippen LogP contribution >= 0.6 is 23.2 Å². The summed E-state index contributed by atoms with van der Waals surface area (Å²) in [7, 11) is -3.28. The van der Waals surface area contributed by atoms with E-state index in [2.05, 4.69) is 17.2 Å². The number of fused-ring (bicyclic) bond motifs is 1. The fourth-order valence-corrected chi connectivity index (χ4v) is 5.98. The fraction of sp³-hybridized carbons (Fsp3) is 0.333. The van der Waals surface area contributed by atoms with Crippen molar-refractivity contribution in [1.82, 2.24) is 14.1 Å². The van der Waals surface area contributed by atoms with Crippen LogP contribution in [0.25, 0.3) is 5.69 Å². The monoisotopic (exact) mass is 534 g/mol. The summed E-state index contributed by atoms with van der Waals surface area (Å²) in [5, 5.41) is 5.15. The van der Waals surface area contributed by atoms with Crippen LogP contribution in [-0.4, -0.2) is 61.0 Å². The molecule has 0 radical (unpaired) electrons. The first kappa shape index (κ1) is 24.1. The molecule has 0 saturated carbocycles. The van der Waals surface area contributed by atoms with Gasteiger partial charge in [-0.05, 0) is 29.3 Å². The number of anilines is 1. The zero-order valence-electron chi connectivity index (χ0n) is 19.0. The van der Waals surface area contributed by atoms with E-state index in [-0.39, 0.29) is 11.9 Å². The van der Waals surface area contributed by atoms with Gasteiger partial charge < -0.3 is 9.64 Å². The van der Waals surface area contributed by atoms with Crippen molar-refractivity contribution in [2.45, 2.75) is 18.9 Å². The summed E-state index contributed by atoms with van der Waals surface area (Å²) in [6.07, 6.45) is 3.98. The Bertz CT molecular complexity index is 1390. The lowest BCUT2D eigenvalue weighted by Gasteiger charge is -2.35. The second kappa shape index (κ2) is 9.46. The van der Waals surface area contributed by atoms with Gasteiger partial charge in [0.05, 0.1) is 18.1 Å². The van der Waals surface area contributed by atoms with Crippen molar-refractivity contribution >= 4 is 38.9 Å². The van der Waals surface area contributed by atoms with Crippen LogP contribution in [0.2, 0.25) is 10.0 Å². The lowest BCUT2D eigenvalue weighted by molar-refractivity contribution is 0.209. The van der Waals surface area contributed by atoms with E-state index in [9.17, 15) is 13.2 Å². The minimum atomic E-state index is -3.28. The normalized spacial score (nSPS) is 16.9. The molecule has 0 unspecified atom stereocenters. The van der Waals surface area contributed by atoms with E-state index in [0.717, 1.165) is 0 Å². The Balaban J connectivity index is 1.51. The average Bonchev–Trinajstić information content (AvgIpc) is 3.22. The summed E-state index contributed by atoms with van der Waals surface area (Å²) >= 11 is 12.3. The highest BCUT2D eigenvalue weighted by Crippen LogP contribution is 2.31. The maximum Gasteiger partial charge on any atom is 0.316 e. The molecule has 2 aromatic carbocycles. The maximum absolute atomic E-state index is 13.7. The molecular weight excluding hydrogens is 511 g/mol. The van der Waals surface area contributed by atoms with Crippen molar-refractivity contribution < 1.29 is 13.2 Å². The molecular formula is C24H24Cl2N4O4S. The first-order valence-electron chi connectivity index (χ1n) is 11.2. The number of piperazine rings is 1. The molecule has 2 aliphatic rings. The van der Waals surface area contributed by atoms with Crippen LogP contribution in [0.1, 0.15) is 11.1 Å². The third-order valence-corrected chi connectivity index (χ3v) is 8.09. The zero-order chi connectivity index (χ0) is 24.7. The summed E-state index contributed by atoms with van der Waals surface area (Å²) in [6, 6.07) is 12.9. The molecule has 1 aliphatic heterocycles. The fourth-order valence-electron chi connectivity index (χ4n) is 4.64. The van der Waals surface area contributed by atoms with E-state index in [1.807, 2.05) is 17.0 Å². The number of nitrogens with zero attached hydrogens (tertiary/aromatic N) is 4. The third kappa shape index (κ3) is 5.04. The van der Waals surface area contributed by atoms with Crippen molar-refractivity contribution in [2.75, 3.05) is 37.3 Å². The first-order chi connectivity index (χ1) is 16.7. The number of sulfonamides is 1. The molecule has 35 heavy (non-hydrogen) atoms. The van der Waals surface area contributed by atoms with Gasteiger partial charge in [0.15, 0.2) is 0 Å². The molecule has 184 valence electrons. The summed E-state index contributed by atoms with van der Waals surface area (Å²) in [5.41, 5.74) is 2.96. The van der Waals surface area contributed by atoms with Gasteiger partial charge in [0.25, 0.3) is 0 Å². The first-order valence-corrected chi connectivity index (χ1v) is 13.8. The van der Waals surface area contributed by atoms with E-state index < -0.39 is 15.6 Å². The van der Waals surface area contributed by atoms with E-state index in [1.54, 1.807) is 24.4 Å². The SMILES string of the molecule is CS(=O)(=O)N1CCN(c2cnn(-c3cc(Cl)cc(Cl)c3)c(=O)c2OC2Cc3ccccc3C2)CC1. The second-order valence-electron chi connectivity index (χ2n) is 8.77. The molecule has 1 fully saturated rings. The molecule has 0 spiro atoms. The Kier molecular flexibility index (Phi) is 6.52. The second-order valence-corrected chi connectivity index (χ2v) is 11.6. The summed E-state index contributed by atoms with van der Waals surface area (Å²) in [6.45, 7) is 1.48. The molecule has 1 aromatic heterocycles. The molecule has 8 nitrogen and oxygen atoms in total. The molecule has 0 bridgehead atoms. The highest BCUT2D eigenvalue weighted by Gasteiger charge is 2.30. The quantitative estimate of drug-likeness (QED) is 0.499. The third-order valence-electron chi connectivity index (χ3n) is 6.35. The molecule has 0 amide bonds. The highest BCUT2D eigenvalue weighted by molar-refractivity contribution is 7.88. The molecule has 0 N–H and O–H groups in total. The number of hydrogen-bond donors (Lipinski definition) is 0. The Labute approximate surface area is 213 Å². The largest absolute Gasteiger partial charge is 0.482 e. The molecule has 3 aromatic rings. The molecule has 5 rings (SSSR count). The van der Waals surface area contributed by atoms with E-state index in [1.165, 1.54) is 26.4 Å². The Morgan fingerprint density at radius 3 is 2.14 bits per heavy atom. The van der Waals surface area contributed by atoms with Gasteiger partial charge in [-0.15, -0.1) is 0 Å². The van der Waals surface area contributed by atoms with Crippen molar-refractivity contribution in [3.63, 3.8) is 0 Å². The summed E-state index contributed by atoms with van der Waals surface area (Å²) in [4.78, 5) is 15.6. The predicted molar refractivity (Wildman–Crippen MR) is 137 cm³/mol. The highest BCUT2D eigenvalue weighted by atomic mass is 35.5. The van der Waals surface area contributed by atoms with Crippen LogP contribution in [0.3, 0.4) is 0 Å². The Morgan fingerprint density at radius 1 is 0.971 bits per heavy atom. The van der Waals surface area contributed by atoms with Gasteiger partial charge in [0, 0.05) is 49.1 Å². The van der Waals surface area contributed by atoms with Crippen LogP contribution in [0, 0.1) is 0 Å². The molecule has 1 saturated heterocycles. The van der Waals surface area contributed by atoms with Gasteiger partial charge in [0.2, 0.25) is 15.8 Å². The Morgan fingerprint density at radius 2 is 1.57 bits per heavy atom. The standard InChI is InChI=1S/C24H24Cl2N4O4S/c1-35(32,33)29-8-6-28(7-9-29)22-15-27-30(20-13-18(25)12-19(26)14-20)24(31)23(22)34-21-10-16-4-2-3-5-17(16)11-21/h2-5,12-15,21H,6-11H2,1H3.